The fourth-order valence-corrected chi connectivity index (χ4v) is 7.14. The fourth-order valence-electron chi connectivity index (χ4n) is 4.94. The van der Waals surface area contributed by atoms with E-state index in [1.807, 2.05) is 17.0 Å². The minimum absolute atomic E-state index is 0.0165. The van der Waals surface area contributed by atoms with Gasteiger partial charge in [-0.15, -0.1) is 11.8 Å². The number of thioether (sulfide) groups is 1. The largest absolute Gasteiger partial charge is 0.343 e. The quantitative estimate of drug-likeness (QED) is 0.647. The lowest BCUT2D eigenvalue weighted by molar-refractivity contribution is -0.133. The number of hydrogen-bond acceptors (Lipinski definition) is 5. The normalized spacial score (nSPS) is 20.2. The lowest BCUT2D eigenvalue weighted by atomic mass is 9.91. The van der Waals surface area contributed by atoms with E-state index >= 15 is 0 Å². The van der Waals surface area contributed by atoms with Crippen LogP contribution in [0, 0.1) is 5.92 Å². The van der Waals surface area contributed by atoms with E-state index in [1.54, 1.807) is 12.1 Å². The summed E-state index contributed by atoms with van der Waals surface area (Å²) in [5.41, 5.74) is 3.38. The van der Waals surface area contributed by atoms with Gasteiger partial charge in [0.05, 0.1) is 22.2 Å². The summed E-state index contributed by atoms with van der Waals surface area (Å²) in [5.74, 6) is -0.181. The van der Waals surface area contributed by atoms with Crippen molar-refractivity contribution in [3.63, 3.8) is 0 Å². The van der Waals surface area contributed by atoms with E-state index in [0.717, 1.165) is 62.1 Å². The molecule has 2 aromatic rings. The molecule has 2 aromatic carbocycles. The van der Waals surface area contributed by atoms with Crippen LogP contribution < -0.4 is 10.0 Å². The van der Waals surface area contributed by atoms with Gasteiger partial charge >= 0.3 is 0 Å². The van der Waals surface area contributed by atoms with Gasteiger partial charge in [-0.25, -0.2) is 8.42 Å². The van der Waals surface area contributed by atoms with Crippen LogP contribution >= 0.6 is 11.8 Å². The summed E-state index contributed by atoms with van der Waals surface area (Å²) in [5, 5.41) is 2.87. The Hall–Kier alpha value is -2.52. The van der Waals surface area contributed by atoms with Crippen LogP contribution in [0.25, 0.3) is 0 Å². The molecule has 2 N–H and O–H groups in total. The number of carbonyl (C=O) groups excluding carboxylic acids is 2. The Morgan fingerprint density at radius 2 is 1.88 bits per heavy atom. The molecule has 1 aliphatic carbocycles. The van der Waals surface area contributed by atoms with E-state index in [0.29, 0.717) is 17.1 Å². The number of benzene rings is 2. The number of aryl methyl sites for hydroxylation is 1. The van der Waals surface area contributed by atoms with Crippen LogP contribution in [-0.4, -0.2) is 44.0 Å². The standard InChI is InChI=1S/C25H29N3O4S2/c29-24(28-12-3-4-13-28)14-18-16-33-23-11-10-19(15-22(23)26-25(18)30)34(31,32)27-21-9-5-7-17-6-1-2-8-20(17)21/h5,7,9-11,15,18,27H,1-4,6,8,12-14,16H2,(H,26,30). The predicted molar refractivity (Wildman–Crippen MR) is 134 cm³/mol. The van der Waals surface area contributed by atoms with Crippen molar-refractivity contribution in [2.45, 2.75) is 54.7 Å². The molecule has 0 spiro atoms. The van der Waals surface area contributed by atoms with Crippen LogP contribution in [-0.2, 0) is 32.5 Å². The first-order valence-electron chi connectivity index (χ1n) is 11.9. The van der Waals surface area contributed by atoms with Gasteiger partial charge in [0, 0.05) is 30.2 Å². The van der Waals surface area contributed by atoms with Gasteiger partial charge in [-0.3, -0.25) is 14.3 Å². The van der Waals surface area contributed by atoms with Crippen molar-refractivity contribution in [2.75, 3.05) is 28.9 Å². The Labute approximate surface area is 204 Å². The van der Waals surface area contributed by atoms with Crippen molar-refractivity contribution in [3.05, 3.63) is 47.5 Å². The summed E-state index contributed by atoms with van der Waals surface area (Å²) in [6.45, 7) is 1.53. The average molecular weight is 500 g/mol. The van der Waals surface area contributed by atoms with Crippen LogP contribution in [0.2, 0.25) is 0 Å². The minimum Gasteiger partial charge on any atom is -0.343 e. The zero-order valence-corrected chi connectivity index (χ0v) is 20.6. The molecule has 0 radical (unpaired) electrons. The second kappa shape index (κ2) is 9.62. The molecule has 180 valence electrons. The summed E-state index contributed by atoms with van der Waals surface area (Å²) in [4.78, 5) is 28.2. The van der Waals surface area contributed by atoms with Crippen LogP contribution in [0.1, 0.15) is 43.2 Å². The van der Waals surface area contributed by atoms with Crippen molar-refractivity contribution in [1.82, 2.24) is 4.90 Å². The first-order valence-corrected chi connectivity index (χ1v) is 14.4. The Kier molecular flexibility index (Phi) is 6.57. The summed E-state index contributed by atoms with van der Waals surface area (Å²) in [7, 11) is -3.82. The summed E-state index contributed by atoms with van der Waals surface area (Å²) >= 11 is 1.48. The van der Waals surface area contributed by atoms with Gasteiger partial charge in [0.25, 0.3) is 10.0 Å². The van der Waals surface area contributed by atoms with Crippen LogP contribution in [0.4, 0.5) is 11.4 Å². The number of likely N-dealkylation sites (tertiary alicyclic amines) is 1. The molecule has 2 heterocycles. The number of hydrogen-bond donors (Lipinski definition) is 2. The van der Waals surface area contributed by atoms with Crippen molar-refractivity contribution >= 4 is 45.0 Å². The number of anilines is 2. The highest BCUT2D eigenvalue weighted by atomic mass is 32.2. The maximum atomic E-state index is 13.2. The van der Waals surface area contributed by atoms with Gasteiger partial charge in [0.1, 0.15) is 0 Å². The fraction of sp³-hybridized carbons (Fsp3) is 0.440. The minimum atomic E-state index is -3.82. The average Bonchev–Trinajstić information content (AvgIpc) is 3.32. The first-order chi connectivity index (χ1) is 16.4. The predicted octanol–water partition coefficient (Wildman–Crippen LogP) is 4.04. The number of carbonyl (C=O) groups is 2. The van der Waals surface area contributed by atoms with E-state index in [1.165, 1.54) is 23.4 Å². The van der Waals surface area contributed by atoms with Crippen molar-refractivity contribution < 1.29 is 18.0 Å². The maximum Gasteiger partial charge on any atom is 0.261 e. The highest BCUT2D eigenvalue weighted by molar-refractivity contribution is 7.99. The maximum absolute atomic E-state index is 13.2. The summed E-state index contributed by atoms with van der Waals surface area (Å²) < 4.78 is 29.2. The summed E-state index contributed by atoms with van der Waals surface area (Å²) in [6, 6.07) is 10.6. The number of fused-ring (bicyclic) bond motifs is 2. The highest BCUT2D eigenvalue weighted by Gasteiger charge is 2.30. The molecule has 0 bridgehead atoms. The molecule has 1 fully saturated rings. The van der Waals surface area contributed by atoms with E-state index in [2.05, 4.69) is 16.1 Å². The SMILES string of the molecule is O=C1Nc2cc(S(=O)(=O)Nc3cccc4c3CCCC4)ccc2SCC1CC(=O)N1CCCC1. The second-order valence-electron chi connectivity index (χ2n) is 9.20. The third-order valence-electron chi connectivity index (χ3n) is 6.85. The zero-order chi connectivity index (χ0) is 23.7. The third-order valence-corrected chi connectivity index (χ3v) is 9.45. The van der Waals surface area contributed by atoms with Crippen molar-refractivity contribution in [2.24, 2.45) is 5.92 Å². The Bertz CT molecular complexity index is 1220. The number of rotatable bonds is 5. The molecule has 2 amide bonds. The Morgan fingerprint density at radius 3 is 2.71 bits per heavy atom. The lowest BCUT2D eigenvalue weighted by Crippen LogP contribution is -2.33. The molecule has 0 saturated carbocycles. The molecule has 3 aliphatic rings. The molecule has 1 atom stereocenters. The van der Waals surface area contributed by atoms with Crippen molar-refractivity contribution in [3.8, 4) is 0 Å². The molecular formula is C25H29N3O4S2. The van der Waals surface area contributed by atoms with Gasteiger partial charge in [-0.1, -0.05) is 12.1 Å². The topological polar surface area (TPSA) is 95.6 Å². The molecule has 7 nitrogen and oxygen atoms in total. The van der Waals surface area contributed by atoms with E-state index < -0.39 is 15.9 Å². The molecule has 5 rings (SSSR count). The molecule has 1 unspecified atom stereocenters. The van der Waals surface area contributed by atoms with E-state index in [-0.39, 0.29) is 23.1 Å². The van der Waals surface area contributed by atoms with Gasteiger partial charge < -0.3 is 10.2 Å². The van der Waals surface area contributed by atoms with Crippen LogP contribution in [0.15, 0.2) is 46.2 Å². The lowest BCUT2D eigenvalue weighted by Gasteiger charge is -2.20. The van der Waals surface area contributed by atoms with Crippen molar-refractivity contribution in [1.29, 1.82) is 0 Å². The first kappa shape index (κ1) is 23.2. The highest BCUT2D eigenvalue weighted by Crippen LogP contribution is 2.36. The molecule has 34 heavy (non-hydrogen) atoms. The van der Waals surface area contributed by atoms with E-state index in [9.17, 15) is 18.0 Å². The number of sulfonamides is 1. The van der Waals surface area contributed by atoms with Gasteiger partial charge in [0.2, 0.25) is 11.8 Å². The smallest absolute Gasteiger partial charge is 0.261 e. The van der Waals surface area contributed by atoms with E-state index in [4.69, 9.17) is 0 Å². The Morgan fingerprint density at radius 1 is 1.09 bits per heavy atom. The Balaban J connectivity index is 1.33. The van der Waals surface area contributed by atoms with Crippen LogP contribution in [0.3, 0.4) is 0 Å². The molecular weight excluding hydrogens is 470 g/mol. The number of nitrogens with one attached hydrogen (secondary N) is 2. The third kappa shape index (κ3) is 4.81. The molecule has 2 aliphatic heterocycles. The summed E-state index contributed by atoms with van der Waals surface area (Å²) in [6.07, 6.45) is 6.21. The van der Waals surface area contributed by atoms with Gasteiger partial charge in [-0.2, -0.15) is 0 Å². The van der Waals surface area contributed by atoms with Crippen LogP contribution in [0.5, 0.6) is 0 Å². The second-order valence-corrected chi connectivity index (χ2v) is 11.9. The van der Waals surface area contributed by atoms with Gasteiger partial charge in [-0.05, 0) is 73.9 Å². The number of nitrogens with zero attached hydrogens (tertiary/aromatic N) is 1. The monoisotopic (exact) mass is 499 g/mol. The molecule has 9 heteroatoms. The van der Waals surface area contributed by atoms with Gasteiger partial charge in [0.15, 0.2) is 0 Å². The molecule has 0 aromatic heterocycles. The zero-order valence-electron chi connectivity index (χ0n) is 19.0. The molecule has 1 saturated heterocycles. The number of amides is 2.